The minimum Gasteiger partial charge on any atom is -0.248 e. The summed E-state index contributed by atoms with van der Waals surface area (Å²) in [6.45, 7) is 0. The van der Waals surface area contributed by atoms with Gasteiger partial charge in [0.15, 0.2) is 0 Å². The summed E-state index contributed by atoms with van der Waals surface area (Å²) >= 11 is 8.71. The zero-order chi connectivity index (χ0) is 11.4. The molecule has 0 bridgehead atoms. The molecule has 0 aliphatic heterocycles. The van der Waals surface area contributed by atoms with Crippen LogP contribution in [-0.4, -0.2) is 4.98 Å². The van der Waals surface area contributed by atoms with Crippen LogP contribution in [-0.2, 0) is 11.6 Å². The van der Waals surface area contributed by atoms with E-state index in [4.69, 9.17) is 11.6 Å². The van der Waals surface area contributed by atoms with E-state index in [-0.39, 0.29) is 5.82 Å². The molecule has 1 aromatic carbocycles. The first-order chi connectivity index (χ1) is 7.79. The van der Waals surface area contributed by atoms with Crippen molar-refractivity contribution in [2.45, 2.75) is 16.5 Å². The number of halogens is 2. The number of benzene rings is 1. The lowest BCUT2D eigenvalue weighted by Crippen LogP contribution is -1.81. The van der Waals surface area contributed by atoms with Gasteiger partial charge >= 0.3 is 0 Å². The highest BCUT2D eigenvalue weighted by molar-refractivity contribution is 7.98. The molecule has 1 heterocycles. The van der Waals surface area contributed by atoms with E-state index in [1.165, 1.54) is 17.8 Å². The second-order valence-electron chi connectivity index (χ2n) is 3.07. The minimum absolute atomic E-state index is 0.179. The van der Waals surface area contributed by atoms with Crippen LogP contribution in [0.1, 0.15) is 9.88 Å². The van der Waals surface area contributed by atoms with Crippen molar-refractivity contribution in [3.63, 3.8) is 0 Å². The molecular weight excluding hydrogens is 265 g/mol. The molecule has 0 saturated heterocycles. The Morgan fingerprint density at radius 3 is 2.88 bits per heavy atom. The fourth-order valence-electron chi connectivity index (χ4n) is 1.18. The fraction of sp³-hybridized carbons (Fsp3) is 0.182. The summed E-state index contributed by atoms with van der Waals surface area (Å²) in [6, 6.07) is 6.76. The van der Waals surface area contributed by atoms with Crippen LogP contribution < -0.4 is 0 Å². The molecule has 5 heteroatoms. The zero-order valence-corrected chi connectivity index (χ0v) is 10.7. The average Bonchev–Trinajstić information content (AvgIpc) is 2.76. The molecule has 0 atom stereocenters. The van der Waals surface area contributed by atoms with Crippen molar-refractivity contribution in [2.75, 3.05) is 0 Å². The Balaban J connectivity index is 1.99. The SMILES string of the molecule is Fc1ccccc1SCc1ncc(CCl)s1. The third-order valence-corrected chi connectivity index (χ3v) is 4.61. The number of hydrogen-bond acceptors (Lipinski definition) is 3. The Hall–Kier alpha value is -0.580. The van der Waals surface area contributed by atoms with Crippen molar-refractivity contribution in [1.82, 2.24) is 4.98 Å². The van der Waals surface area contributed by atoms with Crippen molar-refractivity contribution in [1.29, 1.82) is 0 Å². The van der Waals surface area contributed by atoms with Gasteiger partial charge in [-0.15, -0.1) is 34.7 Å². The smallest absolute Gasteiger partial charge is 0.136 e. The van der Waals surface area contributed by atoms with E-state index < -0.39 is 0 Å². The molecule has 1 aromatic heterocycles. The van der Waals surface area contributed by atoms with E-state index in [9.17, 15) is 4.39 Å². The normalized spacial score (nSPS) is 10.6. The first-order valence-electron chi connectivity index (χ1n) is 4.66. The zero-order valence-electron chi connectivity index (χ0n) is 8.32. The number of alkyl halides is 1. The molecule has 84 valence electrons. The van der Waals surface area contributed by atoms with E-state index in [2.05, 4.69) is 4.98 Å². The lowest BCUT2D eigenvalue weighted by molar-refractivity contribution is 0.602. The maximum atomic E-state index is 13.3. The molecule has 1 nitrogen and oxygen atoms in total. The summed E-state index contributed by atoms with van der Waals surface area (Å²) in [7, 11) is 0. The molecule has 0 fully saturated rings. The summed E-state index contributed by atoms with van der Waals surface area (Å²) in [6.07, 6.45) is 1.77. The molecule has 0 saturated carbocycles. The molecular formula is C11H9ClFNS2. The van der Waals surface area contributed by atoms with Gasteiger partial charge in [-0.05, 0) is 12.1 Å². The monoisotopic (exact) mass is 273 g/mol. The van der Waals surface area contributed by atoms with Gasteiger partial charge in [-0.2, -0.15) is 0 Å². The molecule has 2 rings (SSSR count). The van der Waals surface area contributed by atoms with E-state index >= 15 is 0 Å². The van der Waals surface area contributed by atoms with Crippen molar-refractivity contribution in [3.05, 3.63) is 46.2 Å². The topological polar surface area (TPSA) is 12.9 Å². The predicted molar refractivity (Wildman–Crippen MR) is 67.6 cm³/mol. The first kappa shape index (κ1) is 11.9. The summed E-state index contributed by atoms with van der Waals surface area (Å²) in [5, 5.41) is 0.976. The highest BCUT2D eigenvalue weighted by Crippen LogP contribution is 2.27. The standard InChI is InChI=1S/C11H9ClFNS2/c12-5-8-6-14-11(16-8)7-15-10-4-2-1-3-9(10)13/h1-4,6H,5,7H2. The van der Waals surface area contributed by atoms with Gasteiger partial charge in [0.1, 0.15) is 10.8 Å². The molecule has 0 spiro atoms. The highest BCUT2D eigenvalue weighted by atomic mass is 35.5. The Kier molecular flexibility index (Phi) is 4.21. The molecule has 0 radical (unpaired) electrons. The van der Waals surface area contributed by atoms with E-state index in [0.717, 1.165) is 9.88 Å². The second-order valence-corrected chi connectivity index (χ2v) is 5.56. The largest absolute Gasteiger partial charge is 0.248 e. The lowest BCUT2D eigenvalue weighted by atomic mass is 10.3. The number of thioether (sulfide) groups is 1. The maximum absolute atomic E-state index is 13.3. The van der Waals surface area contributed by atoms with E-state index in [1.807, 2.05) is 6.07 Å². The molecule has 0 unspecified atom stereocenters. The van der Waals surface area contributed by atoms with Gasteiger partial charge in [0, 0.05) is 16.0 Å². The van der Waals surface area contributed by atoms with E-state index in [0.29, 0.717) is 16.5 Å². The minimum atomic E-state index is -0.179. The predicted octanol–water partition coefficient (Wildman–Crippen LogP) is 4.31. The highest BCUT2D eigenvalue weighted by Gasteiger charge is 2.05. The molecule has 0 aliphatic rings. The second kappa shape index (κ2) is 5.66. The van der Waals surface area contributed by atoms with Gasteiger partial charge in [-0.3, -0.25) is 0 Å². The van der Waals surface area contributed by atoms with Gasteiger partial charge in [-0.25, -0.2) is 9.37 Å². The Morgan fingerprint density at radius 1 is 1.38 bits per heavy atom. The van der Waals surface area contributed by atoms with Crippen LogP contribution >= 0.6 is 34.7 Å². The van der Waals surface area contributed by atoms with Crippen LogP contribution in [0.2, 0.25) is 0 Å². The van der Waals surface area contributed by atoms with Gasteiger partial charge < -0.3 is 0 Å². The van der Waals surface area contributed by atoms with Crippen LogP contribution in [0.3, 0.4) is 0 Å². The molecule has 0 aliphatic carbocycles. The lowest BCUT2D eigenvalue weighted by Gasteiger charge is -1.99. The van der Waals surface area contributed by atoms with Crippen LogP contribution in [0.5, 0.6) is 0 Å². The molecule has 0 N–H and O–H groups in total. The van der Waals surface area contributed by atoms with Gasteiger partial charge in [0.2, 0.25) is 0 Å². The van der Waals surface area contributed by atoms with Crippen molar-refractivity contribution >= 4 is 34.7 Å². The van der Waals surface area contributed by atoms with Crippen LogP contribution in [0.15, 0.2) is 35.4 Å². The summed E-state index contributed by atoms with van der Waals surface area (Å²) < 4.78 is 13.3. The maximum Gasteiger partial charge on any atom is 0.136 e. The van der Waals surface area contributed by atoms with Crippen LogP contribution in [0.4, 0.5) is 4.39 Å². The third-order valence-electron chi connectivity index (χ3n) is 1.92. The van der Waals surface area contributed by atoms with Crippen molar-refractivity contribution in [2.24, 2.45) is 0 Å². The number of aromatic nitrogens is 1. The number of hydrogen-bond donors (Lipinski definition) is 0. The number of thiazole rings is 1. The summed E-state index contributed by atoms with van der Waals surface area (Å²) in [4.78, 5) is 5.93. The number of nitrogens with zero attached hydrogens (tertiary/aromatic N) is 1. The van der Waals surface area contributed by atoms with Gasteiger partial charge in [0.05, 0.1) is 11.6 Å². The van der Waals surface area contributed by atoms with Crippen molar-refractivity contribution in [3.8, 4) is 0 Å². The molecule has 2 aromatic rings. The molecule has 16 heavy (non-hydrogen) atoms. The fourth-order valence-corrected chi connectivity index (χ4v) is 3.13. The Morgan fingerprint density at radius 2 is 2.19 bits per heavy atom. The first-order valence-corrected chi connectivity index (χ1v) is 7.00. The van der Waals surface area contributed by atoms with Gasteiger partial charge in [0.25, 0.3) is 0 Å². The third kappa shape index (κ3) is 2.97. The van der Waals surface area contributed by atoms with Crippen molar-refractivity contribution < 1.29 is 4.39 Å². The Labute approximate surface area is 107 Å². The number of rotatable bonds is 4. The molecule has 0 amide bonds. The van der Waals surface area contributed by atoms with E-state index in [1.54, 1.807) is 29.7 Å². The summed E-state index contributed by atoms with van der Waals surface area (Å²) in [5.41, 5.74) is 0. The average molecular weight is 274 g/mol. The van der Waals surface area contributed by atoms with Crippen LogP contribution in [0, 0.1) is 5.82 Å². The summed E-state index contributed by atoms with van der Waals surface area (Å²) in [5.74, 6) is 0.992. The quantitative estimate of drug-likeness (QED) is 0.608. The van der Waals surface area contributed by atoms with Crippen LogP contribution in [0.25, 0.3) is 0 Å². The Bertz CT molecular complexity index is 473. The van der Waals surface area contributed by atoms with Gasteiger partial charge in [-0.1, -0.05) is 12.1 Å².